The SMILES string of the molecule is Cc1ccc(CNC(=O)n2nc(-c3cc(NC(=O)c4ccno4)ccc3O)cc2C2CCC2)cc1. The lowest BCUT2D eigenvalue weighted by molar-refractivity contribution is 0.0988. The smallest absolute Gasteiger partial charge is 0.342 e. The van der Waals surface area contributed by atoms with Gasteiger partial charge in [-0.15, -0.1) is 0 Å². The first-order valence-electron chi connectivity index (χ1n) is 11.5. The summed E-state index contributed by atoms with van der Waals surface area (Å²) in [5.41, 5.74) is 4.26. The molecule has 2 aromatic heterocycles. The highest BCUT2D eigenvalue weighted by Gasteiger charge is 2.27. The summed E-state index contributed by atoms with van der Waals surface area (Å²) in [6.07, 6.45) is 4.45. The number of aromatic nitrogens is 3. The second kappa shape index (κ2) is 9.46. The summed E-state index contributed by atoms with van der Waals surface area (Å²) in [7, 11) is 0. The molecule has 0 bridgehead atoms. The first kappa shape index (κ1) is 22.4. The number of phenolic OH excluding ortho intramolecular Hbond substituents is 1. The van der Waals surface area contributed by atoms with Gasteiger partial charge in [0.1, 0.15) is 5.75 Å². The number of carbonyl (C=O) groups excluding carboxylic acids is 2. The van der Waals surface area contributed by atoms with Crippen LogP contribution in [0.2, 0.25) is 0 Å². The number of carbonyl (C=O) groups is 2. The number of benzene rings is 2. The zero-order chi connectivity index (χ0) is 24.4. The molecule has 178 valence electrons. The van der Waals surface area contributed by atoms with Crippen molar-refractivity contribution in [3.05, 3.63) is 83.4 Å². The topological polar surface area (TPSA) is 122 Å². The number of amides is 2. The third kappa shape index (κ3) is 4.79. The molecule has 1 aliphatic rings. The largest absolute Gasteiger partial charge is 0.507 e. The van der Waals surface area contributed by atoms with Crippen molar-refractivity contribution < 1.29 is 19.2 Å². The Morgan fingerprint density at radius 2 is 1.91 bits per heavy atom. The maximum atomic E-state index is 13.1. The Balaban J connectivity index is 1.40. The fourth-order valence-electron chi connectivity index (χ4n) is 3.99. The van der Waals surface area contributed by atoms with Gasteiger partial charge in [0.2, 0.25) is 5.76 Å². The Morgan fingerprint density at radius 1 is 1.11 bits per heavy atom. The Morgan fingerprint density at radius 3 is 2.60 bits per heavy atom. The maximum absolute atomic E-state index is 13.1. The average Bonchev–Trinajstić information content (AvgIpc) is 3.50. The molecule has 2 heterocycles. The lowest BCUT2D eigenvalue weighted by atomic mass is 9.82. The number of rotatable bonds is 6. The molecule has 0 radical (unpaired) electrons. The molecule has 0 saturated heterocycles. The van der Waals surface area contributed by atoms with Crippen LogP contribution in [-0.2, 0) is 6.54 Å². The molecule has 1 aliphatic carbocycles. The van der Waals surface area contributed by atoms with Gasteiger partial charge in [0, 0.05) is 29.8 Å². The molecular formula is C26H25N5O4. The highest BCUT2D eigenvalue weighted by Crippen LogP contribution is 2.39. The van der Waals surface area contributed by atoms with Gasteiger partial charge in [-0.1, -0.05) is 41.4 Å². The standard InChI is InChI=1S/C26H25N5O4/c1-16-5-7-17(8-6-16)15-27-26(34)31-22(18-3-2-4-18)14-21(30-31)20-13-19(9-10-23(20)32)29-25(33)24-11-12-28-35-24/h5-14,18,32H,2-4,15H2,1H3,(H,27,34)(H,29,33). The van der Waals surface area contributed by atoms with Gasteiger partial charge in [0.25, 0.3) is 5.91 Å². The van der Waals surface area contributed by atoms with Crippen LogP contribution in [0.4, 0.5) is 10.5 Å². The lowest BCUT2D eigenvalue weighted by Gasteiger charge is -2.25. The van der Waals surface area contributed by atoms with Gasteiger partial charge >= 0.3 is 6.03 Å². The summed E-state index contributed by atoms with van der Waals surface area (Å²) in [5, 5.41) is 24.3. The van der Waals surface area contributed by atoms with Gasteiger partial charge in [0.05, 0.1) is 17.6 Å². The number of nitrogens with one attached hydrogen (secondary N) is 2. The summed E-state index contributed by atoms with van der Waals surface area (Å²) >= 11 is 0. The molecule has 0 unspecified atom stereocenters. The highest BCUT2D eigenvalue weighted by molar-refractivity contribution is 6.02. The second-order valence-electron chi connectivity index (χ2n) is 8.70. The van der Waals surface area contributed by atoms with Crippen molar-refractivity contribution in [2.24, 2.45) is 0 Å². The van der Waals surface area contributed by atoms with Gasteiger partial charge in [-0.3, -0.25) is 4.79 Å². The number of hydrogen-bond acceptors (Lipinski definition) is 6. The number of aryl methyl sites for hydroxylation is 1. The molecule has 0 aliphatic heterocycles. The predicted molar refractivity (Wildman–Crippen MR) is 129 cm³/mol. The summed E-state index contributed by atoms with van der Waals surface area (Å²) in [4.78, 5) is 25.4. The third-order valence-electron chi connectivity index (χ3n) is 6.21. The van der Waals surface area contributed by atoms with Crippen LogP contribution in [0, 0.1) is 6.92 Å². The second-order valence-corrected chi connectivity index (χ2v) is 8.70. The number of aromatic hydroxyl groups is 1. The van der Waals surface area contributed by atoms with E-state index in [0.717, 1.165) is 36.1 Å². The molecule has 5 rings (SSSR count). The van der Waals surface area contributed by atoms with Crippen LogP contribution in [0.15, 0.2) is 65.3 Å². The minimum atomic E-state index is -0.463. The van der Waals surface area contributed by atoms with Crippen LogP contribution in [0.1, 0.15) is 52.6 Å². The Bertz CT molecular complexity index is 1360. The Hall–Kier alpha value is -4.40. The third-order valence-corrected chi connectivity index (χ3v) is 6.21. The minimum absolute atomic E-state index is 0.00691. The summed E-state index contributed by atoms with van der Waals surface area (Å²) in [6, 6.07) is 15.6. The van der Waals surface area contributed by atoms with E-state index in [0.29, 0.717) is 23.5 Å². The summed E-state index contributed by atoms with van der Waals surface area (Å²) < 4.78 is 6.28. The van der Waals surface area contributed by atoms with Gasteiger partial charge < -0.3 is 20.3 Å². The van der Waals surface area contributed by atoms with E-state index in [-0.39, 0.29) is 23.5 Å². The van der Waals surface area contributed by atoms with Crippen molar-refractivity contribution >= 4 is 17.6 Å². The molecule has 4 aromatic rings. The van der Waals surface area contributed by atoms with Crippen molar-refractivity contribution in [1.82, 2.24) is 20.3 Å². The van der Waals surface area contributed by atoms with Crippen molar-refractivity contribution in [2.75, 3.05) is 5.32 Å². The van der Waals surface area contributed by atoms with Gasteiger partial charge in [0.15, 0.2) is 0 Å². The van der Waals surface area contributed by atoms with Gasteiger partial charge in [-0.05, 0) is 49.6 Å². The van der Waals surface area contributed by atoms with E-state index in [2.05, 4.69) is 20.9 Å². The first-order chi connectivity index (χ1) is 17.0. The van der Waals surface area contributed by atoms with Crippen molar-refractivity contribution in [2.45, 2.75) is 38.6 Å². The quantitative estimate of drug-likeness (QED) is 0.346. The van der Waals surface area contributed by atoms with E-state index in [1.54, 1.807) is 12.1 Å². The zero-order valence-corrected chi connectivity index (χ0v) is 19.2. The fraction of sp³-hybridized carbons (Fsp3) is 0.231. The van der Waals surface area contributed by atoms with Crippen LogP contribution in [-0.4, -0.2) is 32.0 Å². The normalized spacial score (nSPS) is 13.3. The molecule has 1 saturated carbocycles. The molecule has 2 amide bonds. The van der Waals surface area contributed by atoms with Crippen LogP contribution in [0.3, 0.4) is 0 Å². The molecule has 0 spiro atoms. The molecular weight excluding hydrogens is 446 g/mol. The summed E-state index contributed by atoms with van der Waals surface area (Å²) in [5.74, 6) is -0.165. The van der Waals surface area contributed by atoms with Crippen LogP contribution >= 0.6 is 0 Å². The maximum Gasteiger partial charge on any atom is 0.342 e. The first-order valence-corrected chi connectivity index (χ1v) is 11.5. The number of phenols is 1. The van der Waals surface area contributed by atoms with Crippen molar-refractivity contribution in [3.63, 3.8) is 0 Å². The lowest BCUT2D eigenvalue weighted by Crippen LogP contribution is -2.31. The van der Waals surface area contributed by atoms with E-state index in [4.69, 9.17) is 4.52 Å². The molecule has 35 heavy (non-hydrogen) atoms. The van der Waals surface area contributed by atoms with Crippen molar-refractivity contribution in [1.29, 1.82) is 0 Å². The number of hydrogen-bond donors (Lipinski definition) is 3. The minimum Gasteiger partial charge on any atom is -0.507 e. The zero-order valence-electron chi connectivity index (χ0n) is 19.2. The Kier molecular flexibility index (Phi) is 6.05. The van der Waals surface area contributed by atoms with E-state index in [1.807, 2.05) is 37.3 Å². The molecule has 9 nitrogen and oxygen atoms in total. The number of nitrogens with zero attached hydrogens (tertiary/aromatic N) is 3. The Labute approximate surface area is 201 Å². The van der Waals surface area contributed by atoms with E-state index in [9.17, 15) is 14.7 Å². The van der Waals surface area contributed by atoms with Gasteiger partial charge in [-0.25, -0.2) is 4.79 Å². The predicted octanol–water partition coefficient (Wildman–Crippen LogP) is 4.83. The van der Waals surface area contributed by atoms with Crippen LogP contribution in [0.25, 0.3) is 11.3 Å². The molecule has 0 atom stereocenters. The van der Waals surface area contributed by atoms with E-state index in [1.165, 1.54) is 23.0 Å². The summed E-state index contributed by atoms with van der Waals surface area (Å²) in [6.45, 7) is 2.40. The highest BCUT2D eigenvalue weighted by atomic mass is 16.5. The van der Waals surface area contributed by atoms with Gasteiger partial charge in [-0.2, -0.15) is 9.78 Å². The monoisotopic (exact) mass is 471 g/mol. The van der Waals surface area contributed by atoms with Crippen LogP contribution < -0.4 is 10.6 Å². The molecule has 1 fully saturated rings. The average molecular weight is 472 g/mol. The van der Waals surface area contributed by atoms with E-state index >= 15 is 0 Å². The van der Waals surface area contributed by atoms with E-state index < -0.39 is 5.91 Å². The molecule has 2 aromatic carbocycles. The molecule has 3 N–H and O–H groups in total. The van der Waals surface area contributed by atoms with Crippen molar-refractivity contribution in [3.8, 4) is 17.0 Å². The molecule has 9 heteroatoms. The fourth-order valence-corrected chi connectivity index (χ4v) is 3.99. The van der Waals surface area contributed by atoms with Crippen LogP contribution in [0.5, 0.6) is 5.75 Å². The number of anilines is 1.